The number of rotatable bonds is 30. The summed E-state index contributed by atoms with van der Waals surface area (Å²) in [6, 6.07) is 70.3. The number of ether oxygens (including phenoxy) is 4. The van der Waals surface area contributed by atoms with Crippen LogP contribution in [0.4, 0.5) is 5.69 Å². The zero-order valence-electron chi connectivity index (χ0n) is 65.1. The highest BCUT2D eigenvalue weighted by molar-refractivity contribution is 6.39. The van der Waals surface area contributed by atoms with E-state index < -0.39 is 29.8 Å². The predicted molar refractivity (Wildman–Crippen MR) is 464 cm³/mol. The second-order valence-corrected chi connectivity index (χ2v) is 30.3. The number of nitrogens with two attached hydrogens (primary N) is 1. The fourth-order valence-corrected chi connectivity index (χ4v) is 14.8. The largest absolute Gasteiger partial charge is 0.545 e. The second kappa shape index (κ2) is 44.4. The molecular formula is C94H75Cl8N5O14-4. The van der Waals surface area contributed by atoms with Gasteiger partial charge in [0.25, 0.3) is 0 Å². The molecule has 0 aliphatic carbocycles. The van der Waals surface area contributed by atoms with Crippen LogP contribution in [0.3, 0.4) is 0 Å². The van der Waals surface area contributed by atoms with Gasteiger partial charge in [-0.15, -0.1) is 5.10 Å². The number of hydrogen-bond donors (Lipinski definition) is 2. The van der Waals surface area contributed by atoms with Crippen molar-refractivity contribution in [2.24, 2.45) is 5.73 Å². The van der Waals surface area contributed by atoms with E-state index in [1.807, 2.05) is 111 Å². The van der Waals surface area contributed by atoms with Gasteiger partial charge in [-0.05, 0) is 164 Å². The Morgan fingerprint density at radius 1 is 0.372 bits per heavy atom. The molecule has 0 unspecified atom stereocenters. The van der Waals surface area contributed by atoms with Gasteiger partial charge in [0.2, 0.25) is 11.8 Å². The Morgan fingerprint density at radius 2 is 0.727 bits per heavy atom. The first kappa shape index (κ1) is 91.4. The number of benzene rings is 12. The van der Waals surface area contributed by atoms with E-state index in [0.29, 0.717) is 134 Å². The van der Waals surface area contributed by atoms with E-state index in [2.05, 4.69) is 15.6 Å². The number of aromatic nitrogens is 3. The lowest BCUT2D eigenvalue weighted by Gasteiger charge is -2.16. The van der Waals surface area contributed by atoms with Gasteiger partial charge in [-0.2, -0.15) is 0 Å². The lowest BCUT2D eigenvalue weighted by Crippen LogP contribution is -2.24. The molecule has 0 saturated carbocycles. The van der Waals surface area contributed by atoms with Crippen LogP contribution in [0.15, 0.2) is 249 Å². The smallest absolute Gasteiger partial charge is 0.248 e. The number of aryl methyl sites for hydroxylation is 2. The average molecular weight is 1780 g/mol. The summed E-state index contributed by atoms with van der Waals surface area (Å²) in [5, 5.41) is 60.0. The van der Waals surface area contributed by atoms with Crippen LogP contribution in [0, 0.1) is 0 Å². The number of amides is 2. The van der Waals surface area contributed by atoms with E-state index >= 15 is 0 Å². The minimum Gasteiger partial charge on any atom is -0.545 e. The topological polar surface area (TPSA) is 300 Å². The summed E-state index contributed by atoms with van der Waals surface area (Å²) in [6.45, 7) is 7.02. The van der Waals surface area contributed by atoms with Crippen LogP contribution in [0.1, 0.15) is 156 Å². The van der Waals surface area contributed by atoms with Gasteiger partial charge in [0, 0.05) is 92.4 Å². The fraction of sp³-hybridized carbons (Fsp3) is 0.149. The van der Waals surface area contributed by atoms with Crippen molar-refractivity contribution in [3.8, 4) is 23.0 Å². The van der Waals surface area contributed by atoms with Crippen LogP contribution in [-0.2, 0) is 76.3 Å². The van der Waals surface area contributed by atoms with E-state index in [1.54, 1.807) is 138 Å². The number of carbonyl (C=O) groups is 6. The third-order valence-corrected chi connectivity index (χ3v) is 21.8. The molecule has 0 fully saturated rings. The van der Waals surface area contributed by atoms with Crippen LogP contribution in [0.25, 0.3) is 0 Å². The van der Waals surface area contributed by atoms with E-state index in [-0.39, 0.29) is 72.1 Å². The van der Waals surface area contributed by atoms with Gasteiger partial charge >= 0.3 is 0 Å². The highest BCUT2D eigenvalue weighted by Crippen LogP contribution is 2.41. The number of primary amides is 1. The van der Waals surface area contributed by atoms with Gasteiger partial charge in [0.15, 0.2) is 0 Å². The molecule has 121 heavy (non-hydrogen) atoms. The minimum atomic E-state index is -1.27. The summed E-state index contributed by atoms with van der Waals surface area (Å²) in [7, 11) is 0. The number of anilines is 1. The molecule has 0 aliphatic heterocycles. The van der Waals surface area contributed by atoms with Crippen molar-refractivity contribution < 1.29 is 68.1 Å². The summed E-state index contributed by atoms with van der Waals surface area (Å²) in [6.07, 6.45) is 4.35. The van der Waals surface area contributed by atoms with Gasteiger partial charge in [-0.1, -0.05) is 282 Å². The Hall–Kier alpha value is -11.9. The second-order valence-electron chi connectivity index (χ2n) is 27.2. The van der Waals surface area contributed by atoms with Crippen molar-refractivity contribution in [3.05, 3.63) is 400 Å². The van der Waals surface area contributed by atoms with Crippen molar-refractivity contribution in [3.63, 3.8) is 0 Å². The third-order valence-electron chi connectivity index (χ3n) is 18.7. The number of carbonyl (C=O) groups excluding carboxylic acids is 6. The first-order valence-corrected chi connectivity index (χ1v) is 40.5. The molecule has 27 heteroatoms. The fourth-order valence-electron chi connectivity index (χ4n) is 12.5. The van der Waals surface area contributed by atoms with Crippen molar-refractivity contribution in [1.82, 2.24) is 15.0 Å². The molecule has 0 radical (unpaired) electrons. The number of nitrogens with one attached hydrogen (secondary N) is 1. The molecule has 19 nitrogen and oxygen atoms in total. The minimum absolute atomic E-state index is 0.0780. The zero-order valence-corrected chi connectivity index (χ0v) is 71.2. The maximum atomic E-state index is 11.8. The number of halogens is 8. The Kier molecular flexibility index (Phi) is 33.6. The molecule has 1 aromatic heterocycles. The molecule has 13 aromatic rings. The molecule has 0 aliphatic rings. The van der Waals surface area contributed by atoms with E-state index in [4.69, 9.17) is 117 Å². The quantitative estimate of drug-likeness (QED) is 0.0423. The third kappa shape index (κ3) is 25.8. The molecule has 1 heterocycles. The first-order chi connectivity index (χ1) is 58.1. The Bertz CT molecular complexity index is 5900. The number of nitrogens with zero attached hydrogens (tertiary/aromatic N) is 3. The first-order valence-electron chi connectivity index (χ1n) is 37.5. The summed E-state index contributed by atoms with van der Waals surface area (Å²) in [5.41, 5.74) is 17.7. The zero-order chi connectivity index (χ0) is 86.8. The maximum Gasteiger partial charge on any atom is 0.248 e. The van der Waals surface area contributed by atoms with Gasteiger partial charge in [0.1, 0.15) is 49.4 Å². The summed E-state index contributed by atoms with van der Waals surface area (Å²) < 4.78 is 25.1. The van der Waals surface area contributed by atoms with E-state index in [9.17, 15) is 49.2 Å². The normalized spacial score (nSPS) is 10.7. The van der Waals surface area contributed by atoms with Gasteiger partial charge < -0.3 is 69.6 Å². The molecule has 0 saturated heterocycles. The molecule has 13 rings (SSSR count). The SMILES string of the molecule is CC(=O)Nc1cccc(COc2ccc(Cl)c(Cc3ccccc3C(=O)[O-])c2Cl)c1.CCc1ccc(C(=O)[O-])c(Cc2c(Cl)ccc(OCc3ccccc3)c2Cl)c1.CCc1cn(Cc2ccc(C(=O)[O-])c(Cc3c(Cl)ccc(OCc4ccccc4)c3Cl)c2)nn1.NC(=O)c1cccc(COc2ccc(Cl)c(Cc3ccccc3C(=O)[O-])c2Cl)c1. The number of aromatic carboxylic acids is 4. The lowest BCUT2D eigenvalue weighted by molar-refractivity contribution is -0.256. The monoisotopic (exact) mass is 1780 g/mol. The molecular weight excluding hydrogens is 1710 g/mol. The van der Waals surface area contributed by atoms with Crippen LogP contribution in [0.5, 0.6) is 23.0 Å². The number of carboxylic acids is 4. The highest BCUT2D eigenvalue weighted by atomic mass is 35.5. The van der Waals surface area contributed by atoms with E-state index in [1.165, 1.54) is 25.1 Å². The average Bonchev–Trinajstić information content (AvgIpc) is 1.01. The van der Waals surface area contributed by atoms with Crippen LogP contribution in [0.2, 0.25) is 40.2 Å². The Balaban J connectivity index is 0.000000170. The Labute approximate surface area is 738 Å². The van der Waals surface area contributed by atoms with E-state index in [0.717, 1.165) is 51.9 Å². The lowest BCUT2D eigenvalue weighted by atomic mass is 9.96. The molecule has 0 bridgehead atoms. The molecule has 0 spiro atoms. The van der Waals surface area contributed by atoms with Gasteiger partial charge in [-0.3, -0.25) is 9.59 Å². The van der Waals surface area contributed by atoms with Crippen molar-refractivity contribution in [2.45, 2.75) is 92.3 Å². The summed E-state index contributed by atoms with van der Waals surface area (Å²) in [4.78, 5) is 68.6. The summed E-state index contributed by atoms with van der Waals surface area (Å²) >= 11 is 51.7. The molecule has 2 amide bonds. The molecule has 620 valence electrons. The van der Waals surface area contributed by atoms with Crippen LogP contribution >= 0.6 is 92.8 Å². The molecule has 0 atom stereocenters. The van der Waals surface area contributed by atoms with Crippen molar-refractivity contribution >= 4 is 134 Å². The highest BCUT2D eigenvalue weighted by Gasteiger charge is 2.22. The molecule has 12 aromatic carbocycles. The van der Waals surface area contributed by atoms with Gasteiger partial charge in [-0.25, -0.2) is 4.68 Å². The number of hydrogen-bond acceptors (Lipinski definition) is 16. The Morgan fingerprint density at radius 3 is 1.12 bits per heavy atom. The maximum absolute atomic E-state index is 11.8. The number of carboxylic acid groups (broad SMARTS) is 4. The predicted octanol–water partition coefficient (Wildman–Crippen LogP) is 17.9. The summed E-state index contributed by atoms with van der Waals surface area (Å²) in [5.74, 6) is -3.90. The van der Waals surface area contributed by atoms with Gasteiger partial charge in [0.05, 0.1) is 56.2 Å². The standard InChI is InChI=1S/C26H23Cl2N3O3.C23H19Cl2NO4.C23H20Cl2O3.C22H17Cl2NO4/c1-2-20-15-31(30-29-20)14-18-8-9-21(26(32)33)19(12-18)13-22-23(27)10-11-24(25(22)28)34-16-17-6-4-3-5-7-17;1-14(27)26-17-7-4-5-15(11-17)13-30-21-10-9-20(24)19(22(21)25)12-16-6-2-3-8-18(16)23(28)29;1-2-15-8-9-18(23(26)27)17(12-15)13-19-20(24)10-11-21(22(19)25)28-14-16-6-4-3-5-7-16;23-18-8-9-19(29-12-13-4-3-6-15(10-13)21(25)26)20(24)17(18)11-14-5-1-2-7-16(14)22(27)28/h3-12,15H,2,13-14,16H2,1H3,(H,32,33);2-11H,12-13H2,1H3,(H,26,27)(H,28,29);3-12H,2,13-14H2,1H3,(H,26,27);1-10H,11-12H2,(H2,25,26)(H,27,28)/p-4. The van der Waals surface area contributed by atoms with Crippen molar-refractivity contribution in [2.75, 3.05) is 5.32 Å². The molecule has 3 N–H and O–H groups in total. The van der Waals surface area contributed by atoms with Crippen LogP contribution < -0.4 is 50.4 Å². The van der Waals surface area contributed by atoms with Crippen LogP contribution in [-0.4, -0.2) is 50.7 Å². The van der Waals surface area contributed by atoms with Crippen molar-refractivity contribution in [1.29, 1.82) is 0 Å².